The smallest absolute Gasteiger partial charge is 0.0571 e. The molecule has 0 heterocycles. The summed E-state index contributed by atoms with van der Waals surface area (Å²) < 4.78 is 0. The van der Waals surface area contributed by atoms with Crippen molar-refractivity contribution in [3.8, 4) is 0 Å². The van der Waals surface area contributed by atoms with Crippen LogP contribution in [-0.2, 0) is 0 Å². The first-order valence-electron chi connectivity index (χ1n) is 8.69. The molecule has 0 radical (unpaired) electrons. The topological polar surface area (TPSA) is 20.2 Å². The molecule has 0 aromatic rings. The van der Waals surface area contributed by atoms with Gasteiger partial charge in [0.1, 0.15) is 0 Å². The molecule has 1 nitrogen and oxygen atoms in total. The maximum absolute atomic E-state index is 10.5. The molecule has 0 aliphatic heterocycles. The molecule has 0 bridgehead atoms. The van der Waals surface area contributed by atoms with Crippen molar-refractivity contribution in [3.05, 3.63) is 0 Å². The molecule has 1 rings (SSSR count). The number of aliphatic hydroxyl groups excluding tert-OH is 1. The van der Waals surface area contributed by atoms with Crippen LogP contribution in [0, 0.1) is 29.6 Å². The second-order valence-corrected chi connectivity index (χ2v) is 7.27. The Morgan fingerprint density at radius 1 is 1.05 bits per heavy atom. The summed E-state index contributed by atoms with van der Waals surface area (Å²) >= 11 is 0. The highest BCUT2D eigenvalue weighted by atomic mass is 16.3. The van der Waals surface area contributed by atoms with Gasteiger partial charge in [0.25, 0.3) is 0 Å². The normalized spacial score (nSPS) is 31.4. The summed E-state index contributed by atoms with van der Waals surface area (Å²) in [5.74, 6) is 3.79. The van der Waals surface area contributed by atoms with Crippen molar-refractivity contribution in [1.82, 2.24) is 0 Å². The minimum Gasteiger partial charge on any atom is -0.393 e. The van der Waals surface area contributed by atoms with Crippen LogP contribution in [0.15, 0.2) is 0 Å². The van der Waals surface area contributed by atoms with Crippen molar-refractivity contribution in [2.45, 2.75) is 85.7 Å². The van der Waals surface area contributed by atoms with E-state index in [9.17, 15) is 5.11 Å². The van der Waals surface area contributed by atoms with E-state index in [0.29, 0.717) is 5.92 Å². The van der Waals surface area contributed by atoms with Gasteiger partial charge in [-0.05, 0) is 55.3 Å². The van der Waals surface area contributed by atoms with Crippen LogP contribution in [0.3, 0.4) is 0 Å². The molecule has 1 fully saturated rings. The molecule has 0 amide bonds. The molecule has 19 heavy (non-hydrogen) atoms. The van der Waals surface area contributed by atoms with Crippen LogP contribution < -0.4 is 0 Å². The lowest BCUT2D eigenvalue weighted by atomic mass is 9.64. The highest BCUT2D eigenvalue weighted by molar-refractivity contribution is 4.86. The molecular formula is C18H36O. The molecule has 1 saturated carbocycles. The molecule has 3 unspecified atom stereocenters. The quantitative estimate of drug-likeness (QED) is 0.666. The van der Waals surface area contributed by atoms with Crippen molar-refractivity contribution in [2.24, 2.45) is 29.6 Å². The van der Waals surface area contributed by atoms with Gasteiger partial charge >= 0.3 is 0 Å². The Morgan fingerprint density at radius 3 is 2.21 bits per heavy atom. The molecular weight excluding hydrogens is 232 g/mol. The minimum atomic E-state index is -0.0664. The zero-order chi connectivity index (χ0) is 14.4. The van der Waals surface area contributed by atoms with Crippen LogP contribution in [0.4, 0.5) is 0 Å². The molecule has 1 aliphatic carbocycles. The summed E-state index contributed by atoms with van der Waals surface area (Å²) in [6.07, 6.45) is 8.57. The lowest BCUT2D eigenvalue weighted by molar-refractivity contribution is 0.00922. The predicted molar refractivity (Wildman–Crippen MR) is 84.1 cm³/mol. The summed E-state index contributed by atoms with van der Waals surface area (Å²) in [6.45, 7) is 11.6. The summed E-state index contributed by atoms with van der Waals surface area (Å²) in [7, 11) is 0. The molecule has 114 valence electrons. The van der Waals surface area contributed by atoms with Crippen LogP contribution in [0.25, 0.3) is 0 Å². The van der Waals surface area contributed by atoms with Crippen molar-refractivity contribution >= 4 is 0 Å². The van der Waals surface area contributed by atoms with E-state index in [2.05, 4.69) is 34.6 Å². The number of aliphatic hydroxyl groups is 1. The number of hydrogen-bond acceptors (Lipinski definition) is 1. The van der Waals surface area contributed by atoms with Gasteiger partial charge in [-0.2, -0.15) is 0 Å². The molecule has 1 aliphatic rings. The van der Waals surface area contributed by atoms with Crippen LogP contribution in [0.1, 0.15) is 79.6 Å². The van der Waals surface area contributed by atoms with Gasteiger partial charge in [-0.3, -0.25) is 0 Å². The van der Waals surface area contributed by atoms with Gasteiger partial charge in [-0.1, -0.05) is 53.9 Å². The van der Waals surface area contributed by atoms with Gasteiger partial charge in [-0.25, -0.2) is 0 Å². The molecule has 0 spiro atoms. The Hall–Kier alpha value is -0.0400. The second kappa shape index (κ2) is 8.29. The summed E-state index contributed by atoms with van der Waals surface area (Å²) in [5.41, 5.74) is 0. The zero-order valence-corrected chi connectivity index (χ0v) is 13.9. The van der Waals surface area contributed by atoms with E-state index in [4.69, 9.17) is 0 Å². The van der Waals surface area contributed by atoms with Crippen molar-refractivity contribution < 1.29 is 5.11 Å². The molecule has 0 saturated heterocycles. The summed E-state index contributed by atoms with van der Waals surface area (Å²) in [5, 5.41) is 10.5. The van der Waals surface area contributed by atoms with E-state index >= 15 is 0 Å². The monoisotopic (exact) mass is 268 g/mol. The molecule has 0 aromatic carbocycles. The van der Waals surface area contributed by atoms with Crippen LogP contribution >= 0.6 is 0 Å². The maximum atomic E-state index is 10.5. The third-order valence-electron chi connectivity index (χ3n) is 5.49. The number of rotatable bonds is 7. The fourth-order valence-corrected chi connectivity index (χ4v) is 4.13. The van der Waals surface area contributed by atoms with Crippen LogP contribution in [0.5, 0.6) is 0 Å². The third-order valence-corrected chi connectivity index (χ3v) is 5.49. The van der Waals surface area contributed by atoms with E-state index in [1.54, 1.807) is 0 Å². The second-order valence-electron chi connectivity index (χ2n) is 7.27. The first kappa shape index (κ1) is 17.0. The standard InChI is InChI=1S/C18H36O/c1-6-8-16(18(19)9-7-2)17-12-15(13(3)4)11-10-14(17)5/h13-19H,6-12H2,1-5H3/t14?,15-,16?,17?,18+/m1/s1. The van der Waals surface area contributed by atoms with Crippen molar-refractivity contribution in [3.63, 3.8) is 0 Å². The van der Waals surface area contributed by atoms with Gasteiger partial charge in [0.05, 0.1) is 6.10 Å². The van der Waals surface area contributed by atoms with Gasteiger partial charge in [0.15, 0.2) is 0 Å². The van der Waals surface area contributed by atoms with E-state index in [0.717, 1.165) is 36.5 Å². The largest absolute Gasteiger partial charge is 0.393 e. The maximum Gasteiger partial charge on any atom is 0.0571 e. The number of hydrogen-bond donors (Lipinski definition) is 1. The average Bonchev–Trinajstić information content (AvgIpc) is 2.37. The Labute approximate surface area is 121 Å². The zero-order valence-electron chi connectivity index (χ0n) is 13.9. The predicted octanol–water partition coefficient (Wildman–Crippen LogP) is 5.27. The van der Waals surface area contributed by atoms with Gasteiger partial charge in [-0.15, -0.1) is 0 Å². The van der Waals surface area contributed by atoms with Crippen molar-refractivity contribution in [1.29, 1.82) is 0 Å². The minimum absolute atomic E-state index is 0.0664. The summed E-state index contributed by atoms with van der Waals surface area (Å²) in [6, 6.07) is 0. The third kappa shape index (κ3) is 4.77. The van der Waals surface area contributed by atoms with Gasteiger partial charge < -0.3 is 5.11 Å². The van der Waals surface area contributed by atoms with E-state index in [1.165, 1.54) is 32.1 Å². The molecule has 1 N–H and O–H groups in total. The first-order valence-corrected chi connectivity index (χ1v) is 8.69. The fourth-order valence-electron chi connectivity index (χ4n) is 4.13. The Morgan fingerprint density at radius 2 is 1.68 bits per heavy atom. The lowest BCUT2D eigenvalue weighted by Crippen LogP contribution is -2.36. The Balaban J connectivity index is 2.73. The molecule has 5 atom stereocenters. The van der Waals surface area contributed by atoms with Crippen LogP contribution in [-0.4, -0.2) is 11.2 Å². The van der Waals surface area contributed by atoms with Gasteiger partial charge in [0, 0.05) is 0 Å². The first-order chi connectivity index (χ1) is 9.01. The van der Waals surface area contributed by atoms with Gasteiger partial charge in [0.2, 0.25) is 0 Å². The Kier molecular flexibility index (Phi) is 7.42. The summed E-state index contributed by atoms with van der Waals surface area (Å²) in [4.78, 5) is 0. The average molecular weight is 268 g/mol. The van der Waals surface area contributed by atoms with E-state index in [-0.39, 0.29) is 6.10 Å². The SMILES string of the molecule is CCCC(C1C[C@H](C(C)C)CCC1C)[C@@H](O)CCC. The highest BCUT2D eigenvalue weighted by Gasteiger charge is 2.36. The van der Waals surface area contributed by atoms with Crippen molar-refractivity contribution in [2.75, 3.05) is 0 Å². The molecule has 0 aromatic heterocycles. The Bertz CT molecular complexity index is 236. The molecule has 1 heteroatoms. The van der Waals surface area contributed by atoms with Crippen LogP contribution in [0.2, 0.25) is 0 Å². The highest BCUT2D eigenvalue weighted by Crippen LogP contribution is 2.43. The van der Waals surface area contributed by atoms with E-state index < -0.39 is 0 Å². The van der Waals surface area contributed by atoms with E-state index in [1.807, 2.05) is 0 Å². The lowest BCUT2D eigenvalue weighted by Gasteiger charge is -2.42. The fraction of sp³-hybridized carbons (Fsp3) is 1.00.